The molecule has 1 atom stereocenters. The van der Waals surface area contributed by atoms with Gasteiger partial charge in [-0.2, -0.15) is 0 Å². The number of hydrogen-bond donors (Lipinski definition) is 2. The second-order valence-corrected chi connectivity index (χ2v) is 17.6. The molecule has 0 spiro atoms. The van der Waals surface area contributed by atoms with Gasteiger partial charge in [-0.25, -0.2) is 4.79 Å². The Bertz CT molecular complexity index is 872. The Morgan fingerprint density at radius 2 is 0.755 bits per heavy atom. The number of aliphatic carboxylic acids is 2. The first kappa shape index (κ1) is 51.4. The molecule has 0 unspecified atom stereocenters. The van der Waals surface area contributed by atoms with Gasteiger partial charge in [-0.1, -0.05) is 213 Å². The fourth-order valence-electron chi connectivity index (χ4n) is 7.89. The first-order valence-corrected chi connectivity index (χ1v) is 23.1. The minimum atomic E-state index is -1.48. The van der Waals surface area contributed by atoms with Crippen molar-refractivity contribution in [1.29, 1.82) is 0 Å². The van der Waals surface area contributed by atoms with E-state index in [1.807, 2.05) is 21.1 Å². The van der Waals surface area contributed by atoms with E-state index in [4.69, 9.17) is 0 Å². The van der Waals surface area contributed by atoms with Gasteiger partial charge in [-0.15, -0.1) is 0 Å². The van der Waals surface area contributed by atoms with Crippen molar-refractivity contribution in [1.82, 2.24) is 4.90 Å². The van der Waals surface area contributed by atoms with Gasteiger partial charge in [0.15, 0.2) is 6.54 Å². The summed E-state index contributed by atoms with van der Waals surface area (Å²) in [5.74, 6) is -2.24. The molecule has 0 heterocycles. The van der Waals surface area contributed by atoms with Crippen LogP contribution < -0.4 is 0 Å². The van der Waals surface area contributed by atoms with E-state index in [0.29, 0.717) is 23.9 Å². The number of carboxylic acids is 2. The molecular formula is C46H91N2O5+. The Labute approximate surface area is 329 Å². The summed E-state index contributed by atoms with van der Waals surface area (Å²) in [7, 11) is 5.83. The van der Waals surface area contributed by atoms with Crippen LogP contribution in [0.3, 0.4) is 0 Å². The van der Waals surface area contributed by atoms with Crippen LogP contribution in [-0.4, -0.2) is 77.2 Å². The summed E-state index contributed by atoms with van der Waals surface area (Å²) in [6.07, 6.45) is 40.0. The maximum absolute atomic E-state index is 13.8. The van der Waals surface area contributed by atoms with E-state index in [-0.39, 0.29) is 25.3 Å². The van der Waals surface area contributed by atoms with Gasteiger partial charge in [0, 0.05) is 13.0 Å². The monoisotopic (exact) mass is 752 g/mol. The molecule has 0 rings (SSSR count). The van der Waals surface area contributed by atoms with Crippen LogP contribution in [-0.2, 0) is 14.4 Å². The van der Waals surface area contributed by atoms with Crippen molar-refractivity contribution < 1.29 is 29.1 Å². The lowest BCUT2D eigenvalue weighted by atomic mass is 9.84. The summed E-state index contributed by atoms with van der Waals surface area (Å²) < 4.78 is 0.405. The largest absolute Gasteiger partial charge is 0.481 e. The number of likely N-dealkylation sites (N-methyl/N-ethyl adjacent to an activating group) is 1. The van der Waals surface area contributed by atoms with Crippen LogP contribution in [0.4, 0.5) is 0 Å². The Kier molecular flexibility index (Phi) is 33.8. The number of amides is 1. The second-order valence-electron chi connectivity index (χ2n) is 17.6. The third-order valence-electron chi connectivity index (χ3n) is 11.3. The fourth-order valence-corrected chi connectivity index (χ4v) is 7.89. The highest BCUT2D eigenvalue weighted by Crippen LogP contribution is 2.31. The van der Waals surface area contributed by atoms with Crippen LogP contribution in [0, 0.1) is 0 Å². The summed E-state index contributed by atoms with van der Waals surface area (Å²) in [5, 5.41) is 20.3. The van der Waals surface area contributed by atoms with Gasteiger partial charge in [-0.05, 0) is 19.3 Å². The fraction of sp³-hybridized carbons (Fsp3) is 0.935. The maximum Gasteiger partial charge on any atom is 0.329 e. The molecule has 0 fully saturated rings. The molecular weight excluding hydrogens is 661 g/mol. The molecule has 0 aromatic rings. The maximum atomic E-state index is 13.8. The summed E-state index contributed by atoms with van der Waals surface area (Å²) in [6.45, 7) is 5.11. The van der Waals surface area contributed by atoms with Gasteiger partial charge in [0.25, 0.3) is 5.91 Å². The third-order valence-corrected chi connectivity index (χ3v) is 11.3. The number of rotatable bonds is 41. The van der Waals surface area contributed by atoms with Crippen LogP contribution in [0.15, 0.2) is 0 Å². The number of carbonyl (C=O) groups excluding carboxylic acids is 1. The quantitative estimate of drug-likeness (QED) is 0.0479. The van der Waals surface area contributed by atoms with Gasteiger partial charge in [0.05, 0.1) is 21.1 Å². The number of quaternary nitrogens is 1. The number of unbranched alkanes of at least 4 members (excludes halogenated alkanes) is 30. The van der Waals surface area contributed by atoms with Crippen molar-refractivity contribution in [3.63, 3.8) is 0 Å². The smallest absolute Gasteiger partial charge is 0.329 e. The lowest BCUT2D eigenvalue weighted by molar-refractivity contribution is -0.862. The Balaban J connectivity index is 4.78. The number of carbonyl (C=O) groups is 3. The molecule has 0 bridgehead atoms. The molecule has 0 aliphatic rings. The van der Waals surface area contributed by atoms with Crippen molar-refractivity contribution >= 4 is 17.8 Å². The van der Waals surface area contributed by atoms with Crippen LogP contribution in [0.2, 0.25) is 0 Å². The molecule has 0 saturated heterocycles. The second kappa shape index (κ2) is 34.8. The molecule has 0 saturated carbocycles. The van der Waals surface area contributed by atoms with Crippen molar-refractivity contribution in [2.45, 2.75) is 244 Å². The predicted molar refractivity (Wildman–Crippen MR) is 226 cm³/mol. The summed E-state index contributed by atoms with van der Waals surface area (Å²) in [6, 6.07) is 0. The molecule has 0 aliphatic carbocycles. The molecule has 0 aromatic heterocycles. The standard InChI is InChI=1S/C46H90N2O5/c1-6-8-10-12-14-16-18-20-22-24-26-28-30-32-34-36-39-46(45(52)53,40-38-44(50)51)47(43(49)42-48(3,4)5)41-37-35-33-31-29-27-25-23-21-19-17-15-13-11-9-7-2/h6-42H2,1-5H3,(H-,50,51,52,53)/p+1/t46-/m1/s1. The Morgan fingerprint density at radius 1 is 0.453 bits per heavy atom. The van der Waals surface area contributed by atoms with Gasteiger partial charge in [-0.3, -0.25) is 9.59 Å². The molecule has 1 amide bonds. The molecule has 53 heavy (non-hydrogen) atoms. The van der Waals surface area contributed by atoms with Crippen molar-refractivity contribution in [2.24, 2.45) is 0 Å². The first-order valence-electron chi connectivity index (χ1n) is 23.1. The normalized spacial score (nSPS) is 12.9. The highest BCUT2D eigenvalue weighted by atomic mass is 16.4. The molecule has 0 radical (unpaired) electrons. The summed E-state index contributed by atoms with van der Waals surface area (Å²) in [5.41, 5.74) is -1.48. The average molecular weight is 752 g/mol. The minimum absolute atomic E-state index is 0.0435. The van der Waals surface area contributed by atoms with Gasteiger partial charge >= 0.3 is 11.9 Å². The summed E-state index contributed by atoms with van der Waals surface area (Å²) >= 11 is 0. The average Bonchev–Trinajstić information content (AvgIpc) is 3.10. The number of hydrogen-bond acceptors (Lipinski definition) is 3. The van der Waals surface area contributed by atoms with E-state index in [9.17, 15) is 24.6 Å². The SMILES string of the molecule is CCCCCCCCCCCCCCCCCCN(C(=O)C[N+](C)(C)C)[C@](CCCCCCCCCCCCCCCCCC)(CCC(=O)O)C(=O)O. The lowest BCUT2D eigenvalue weighted by Gasteiger charge is -2.42. The predicted octanol–water partition coefficient (Wildman–Crippen LogP) is 13.1. The van der Waals surface area contributed by atoms with Crippen molar-refractivity contribution in [3.8, 4) is 0 Å². The molecule has 314 valence electrons. The first-order chi connectivity index (χ1) is 25.5. The van der Waals surface area contributed by atoms with Crippen LogP contribution >= 0.6 is 0 Å². The topological polar surface area (TPSA) is 94.9 Å². The molecule has 2 N–H and O–H groups in total. The van der Waals surface area contributed by atoms with E-state index in [2.05, 4.69) is 13.8 Å². The zero-order valence-corrected chi connectivity index (χ0v) is 36.2. The van der Waals surface area contributed by atoms with Crippen molar-refractivity contribution in [2.75, 3.05) is 34.2 Å². The molecule has 7 nitrogen and oxygen atoms in total. The minimum Gasteiger partial charge on any atom is -0.481 e. The molecule has 0 aliphatic heterocycles. The van der Waals surface area contributed by atoms with Gasteiger partial charge in [0.2, 0.25) is 0 Å². The molecule has 0 aromatic carbocycles. The van der Waals surface area contributed by atoms with E-state index in [1.165, 1.54) is 161 Å². The Hall–Kier alpha value is -1.63. The Morgan fingerprint density at radius 3 is 1.04 bits per heavy atom. The van der Waals surface area contributed by atoms with Crippen molar-refractivity contribution in [3.05, 3.63) is 0 Å². The zero-order chi connectivity index (χ0) is 39.5. The van der Waals surface area contributed by atoms with E-state index >= 15 is 0 Å². The molecule has 7 heteroatoms. The lowest BCUT2D eigenvalue weighted by Crippen LogP contribution is -2.60. The van der Waals surface area contributed by atoms with Gasteiger partial charge in [0.1, 0.15) is 5.54 Å². The van der Waals surface area contributed by atoms with Crippen LogP contribution in [0.1, 0.15) is 239 Å². The number of carboxylic acid groups (broad SMARTS) is 2. The van der Waals surface area contributed by atoms with Crippen LogP contribution in [0.5, 0.6) is 0 Å². The third kappa shape index (κ3) is 30.3. The highest BCUT2D eigenvalue weighted by molar-refractivity contribution is 5.88. The summed E-state index contributed by atoms with van der Waals surface area (Å²) in [4.78, 5) is 40.3. The zero-order valence-electron chi connectivity index (χ0n) is 36.2. The van der Waals surface area contributed by atoms with E-state index in [0.717, 1.165) is 38.5 Å². The van der Waals surface area contributed by atoms with E-state index in [1.54, 1.807) is 4.90 Å². The van der Waals surface area contributed by atoms with Crippen LogP contribution in [0.25, 0.3) is 0 Å². The number of nitrogens with zero attached hydrogens (tertiary/aromatic N) is 2. The van der Waals surface area contributed by atoms with E-state index < -0.39 is 17.5 Å². The highest BCUT2D eigenvalue weighted by Gasteiger charge is 2.46. The van der Waals surface area contributed by atoms with Gasteiger partial charge < -0.3 is 19.6 Å².